The average molecular weight is 430 g/mol. The molecule has 0 saturated carbocycles. The second kappa shape index (κ2) is 9.24. The zero-order valence-corrected chi connectivity index (χ0v) is 17.7. The molecule has 1 heterocycles. The van der Waals surface area contributed by atoms with Crippen LogP contribution in [0.5, 0.6) is 5.75 Å². The second-order valence-corrected chi connectivity index (χ2v) is 7.91. The van der Waals surface area contributed by atoms with Gasteiger partial charge < -0.3 is 19.7 Å². The summed E-state index contributed by atoms with van der Waals surface area (Å²) < 4.78 is 11.3. The molecule has 0 spiro atoms. The van der Waals surface area contributed by atoms with Crippen LogP contribution in [0.4, 0.5) is 11.4 Å². The van der Waals surface area contributed by atoms with Gasteiger partial charge in [-0.1, -0.05) is 34.8 Å². The van der Waals surface area contributed by atoms with Crippen molar-refractivity contribution >= 4 is 46.2 Å². The Balaban J connectivity index is 1.74. The molecular formula is C20H23Cl3N2O2. The molecule has 0 radical (unpaired) electrons. The van der Waals surface area contributed by atoms with E-state index in [1.807, 2.05) is 38.1 Å². The van der Waals surface area contributed by atoms with Gasteiger partial charge in [-0.25, -0.2) is 0 Å². The molecule has 0 amide bonds. The van der Waals surface area contributed by atoms with E-state index in [9.17, 15) is 0 Å². The molecule has 1 aliphatic heterocycles. The average Bonchev–Trinajstić information content (AvgIpc) is 2.63. The number of ether oxygens (including phenoxy) is 2. The van der Waals surface area contributed by atoms with Gasteiger partial charge in [0.25, 0.3) is 0 Å². The highest BCUT2D eigenvalue weighted by Crippen LogP contribution is 2.34. The first-order chi connectivity index (χ1) is 12.9. The first kappa shape index (κ1) is 20.4. The summed E-state index contributed by atoms with van der Waals surface area (Å²) in [5.41, 5.74) is 2.85. The zero-order chi connectivity index (χ0) is 19.4. The molecule has 7 heteroatoms. The van der Waals surface area contributed by atoms with E-state index in [0.717, 1.165) is 43.2 Å². The SMILES string of the molecule is CC(C)Oc1c(Cl)cc(Cl)cc1CNc1ccc(N2CCOCC2)c(Cl)c1. The molecule has 1 fully saturated rings. The molecule has 3 rings (SSSR count). The third kappa shape index (κ3) is 5.35. The van der Waals surface area contributed by atoms with Crippen LogP contribution in [0, 0.1) is 0 Å². The summed E-state index contributed by atoms with van der Waals surface area (Å²) in [6, 6.07) is 9.54. The summed E-state index contributed by atoms with van der Waals surface area (Å²) >= 11 is 19.0. The molecule has 2 aromatic rings. The van der Waals surface area contributed by atoms with Crippen LogP contribution in [0.2, 0.25) is 15.1 Å². The fourth-order valence-corrected chi connectivity index (χ4v) is 3.87. The molecule has 146 valence electrons. The van der Waals surface area contributed by atoms with Crippen molar-refractivity contribution in [3.8, 4) is 5.75 Å². The van der Waals surface area contributed by atoms with E-state index in [-0.39, 0.29) is 6.10 Å². The molecule has 2 aromatic carbocycles. The lowest BCUT2D eigenvalue weighted by atomic mass is 10.1. The maximum Gasteiger partial charge on any atom is 0.143 e. The molecule has 0 bridgehead atoms. The van der Waals surface area contributed by atoms with Gasteiger partial charge in [0, 0.05) is 35.9 Å². The predicted molar refractivity (Wildman–Crippen MR) is 114 cm³/mol. The third-order valence-electron chi connectivity index (χ3n) is 4.22. The van der Waals surface area contributed by atoms with Crippen LogP contribution in [0.1, 0.15) is 19.4 Å². The van der Waals surface area contributed by atoms with Crippen molar-refractivity contribution in [2.24, 2.45) is 0 Å². The summed E-state index contributed by atoms with van der Waals surface area (Å²) in [6.45, 7) is 7.61. The molecule has 1 saturated heterocycles. The Hall–Kier alpha value is -1.33. The van der Waals surface area contributed by atoms with E-state index in [1.54, 1.807) is 6.07 Å². The summed E-state index contributed by atoms with van der Waals surface area (Å²) in [4.78, 5) is 2.24. The third-order valence-corrected chi connectivity index (χ3v) is 5.02. The maximum absolute atomic E-state index is 6.51. The van der Waals surface area contributed by atoms with Crippen molar-refractivity contribution < 1.29 is 9.47 Å². The lowest BCUT2D eigenvalue weighted by molar-refractivity contribution is 0.122. The van der Waals surface area contributed by atoms with Gasteiger partial charge in [-0.05, 0) is 44.2 Å². The molecule has 0 unspecified atom stereocenters. The van der Waals surface area contributed by atoms with Crippen LogP contribution < -0.4 is 15.0 Å². The van der Waals surface area contributed by atoms with Crippen LogP contribution in [0.25, 0.3) is 0 Å². The van der Waals surface area contributed by atoms with Gasteiger partial charge in [-0.3, -0.25) is 0 Å². The molecule has 27 heavy (non-hydrogen) atoms. The minimum atomic E-state index is 0.0182. The molecule has 4 nitrogen and oxygen atoms in total. The Morgan fingerprint density at radius 1 is 1.07 bits per heavy atom. The standard InChI is InChI=1S/C20H23Cl3N2O2/c1-13(2)27-20-14(9-15(21)10-18(20)23)12-24-16-3-4-19(17(22)11-16)25-5-7-26-8-6-25/h3-4,9-11,13,24H,5-8,12H2,1-2H3. The van der Waals surface area contributed by atoms with Gasteiger partial charge in [0.15, 0.2) is 0 Å². The monoisotopic (exact) mass is 428 g/mol. The highest BCUT2D eigenvalue weighted by Gasteiger charge is 2.15. The van der Waals surface area contributed by atoms with Crippen molar-refractivity contribution in [2.45, 2.75) is 26.5 Å². The summed E-state index contributed by atoms with van der Waals surface area (Å²) in [5, 5.41) is 5.17. The molecule has 0 atom stereocenters. The number of halogens is 3. The van der Waals surface area contributed by atoms with Crippen LogP contribution in [-0.4, -0.2) is 32.4 Å². The van der Waals surface area contributed by atoms with E-state index in [1.165, 1.54) is 0 Å². The van der Waals surface area contributed by atoms with E-state index >= 15 is 0 Å². The highest BCUT2D eigenvalue weighted by molar-refractivity contribution is 6.35. The first-order valence-electron chi connectivity index (χ1n) is 8.94. The quantitative estimate of drug-likeness (QED) is 0.621. The Labute approximate surface area is 175 Å². The van der Waals surface area contributed by atoms with Crippen molar-refractivity contribution in [2.75, 3.05) is 36.5 Å². The smallest absolute Gasteiger partial charge is 0.143 e. The summed E-state index contributed by atoms with van der Waals surface area (Å²) in [5.74, 6) is 0.652. The molecule has 1 aliphatic rings. The molecule has 0 aromatic heterocycles. The lowest BCUT2D eigenvalue weighted by Gasteiger charge is -2.29. The van der Waals surface area contributed by atoms with Gasteiger partial charge in [-0.15, -0.1) is 0 Å². The number of rotatable bonds is 6. The lowest BCUT2D eigenvalue weighted by Crippen LogP contribution is -2.36. The van der Waals surface area contributed by atoms with Crippen molar-refractivity contribution in [3.63, 3.8) is 0 Å². The van der Waals surface area contributed by atoms with Crippen LogP contribution in [0.15, 0.2) is 30.3 Å². The predicted octanol–water partition coefficient (Wildman–Crippen LogP) is 5.88. The number of nitrogens with zero attached hydrogens (tertiary/aromatic N) is 1. The normalized spacial score (nSPS) is 14.5. The van der Waals surface area contributed by atoms with Gasteiger partial charge in [0.1, 0.15) is 5.75 Å². The van der Waals surface area contributed by atoms with Gasteiger partial charge in [0.05, 0.1) is 35.1 Å². The summed E-state index contributed by atoms with van der Waals surface area (Å²) in [7, 11) is 0. The van der Waals surface area contributed by atoms with Crippen molar-refractivity contribution in [1.82, 2.24) is 0 Å². The summed E-state index contributed by atoms with van der Waals surface area (Å²) in [6.07, 6.45) is 0.0182. The van der Waals surface area contributed by atoms with Crippen LogP contribution in [-0.2, 0) is 11.3 Å². The molecule has 0 aliphatic carbocycles. The Kier molecular flexibility index (Phi) is 6.99. The Bertz CT molecular complexity index is 793. The van der Waals surface area contributed by atoms with Gasteiger partial charge in [0.2, 0.25) is 0 Å². The Morgan fingerprint density at radius 2 is 1.81 bits per heavy atom. The van der Waals surface area contributed by atoms with E-state index in [0.29, 0.717) is 27.4 Å². The number of benzene rings is 2. The fourth-order valence-electron chi connectivity index (χ4n) is 2.99. The maximum atomic E-state index is 6.51. The van der Waals surface area contributed by atoms with Crippen molar-refractivity contribution in [3.05, 3.63) is 51.0 Å². The van der Waals surface area contributed by atoms with Crippen LogP contribution in [0.3, 0.4) is 0 Å². The minimum Gasteiger partial charge on any atom is -0.489 e. The largest absolute Gasteiger partial charge is 0.489 e. The van der Waals surface area contributed by atoms with Crippen molar-refractivity contribution in [1.29, 1.82) is 0 Å². The number of hydrogen-bond donors (Lipinski definition) is 1. The number of nitrogens with one attached hydrogen (secondary N) is 1. The number of morpholine rings is 1. The highest BCUT2D eigenvalue weighted by atomic mass is 35.5. The zero-order valence-electron chi connectivity index (χ0n) is 15.4. The molecule has 1 N–H and O–H groups in total. The van der Waals surface area contributed by atoms with E-state index in [2.05, 4.69) is 10.2 Å². The first-order valence-corrected chi connectivity index (χ1v) is 10.1. The topological polar surface area (TPSA) is 33.7 Å². The fraction of sp³-hybridized carbons (Fsp3) is 0.400. The van der Waals surface area contributed by atoms with Gasteiger partial charge in [-0.2, -0.15) is 0 Å². The van der Waals surface area contributed by atoms with E-state index < -0.39 is 0 Å². The number of hydrogen-bond acceptors (Lipinski definition) is 4. The minimum absolute atomic E-state index is 0.0182. The van der Waals surface area contributed by atoms with Crippen LogP contribution >= 0.6 is 34.8 Å². The number of anilines is 2. The second-order valence-electron chi connectivity index (χ2n) is 6.66. The van der Waals surface area contributed by atoms with E-state index in [4.69, 9.17) is 44.3 Å². The Morgan fingerprint density at radius 3 is 2.48 bits per heavy atom. The molecular weight excluding hydrogens is 407 g/mol. The van der Waals surface area contributed by atoms with Gasteiger partial charge >= 0.3 is 0 Å².